The Kier molecular flexibility index (Phi) is 6.93. The van der Waals surface area contributed by atoms with Crippen LogP contribution in [0.15, 0.2) is 66.9 Å². The number of hydrogen-bond donors (Lipinski definition) is 1. The van der Waals surface area contributed by atoms with E-state index in [1.807, 2.05) is 42.6 Å². The lowest BCUT2D eigenvalue weighted by Crippen LogP contribution is -2.40. The first-order chi connectivity index (χ1) is 19.0. The maximum atomic E-state index is 13.5. The third-order valence-electron chi connectivity index (χ3n) is 7.20. The van der Waals surface area contributed by atoms with Gasteiger partial charge in [-0.15, -0.1) is 5.10 Å². The number of morpholine rings is 1. The van der Waals surface area contributed by atoms with Gasteiger partial charge in [0.2, 0.25) is 5.95 Å². The highest BCUT2D eigenvalue weighted by atomic mass is 19.1. The molecule has 4 heterocycles. The standard InChI is InChI=1S/C29H29FN6O3/c30-23-11-14-34(15-12-23)27(37)21-5-3-20(4-6-21)25-2-1-13-36-26(25)32-29(33-36)31-24-9-7-22(8-10-24)28(38)35-16-18-39-19-17-35/h1-10,13,23H,11-12,14-19H2,(H,31,33). The summed E-state index contributed by atoms with van der Waals surface area (Å²) in [5.74, 6) is 0.355. The smallest absolute Gasteiger partial charge is 0.254 e. The maximum Gasteiger partial charge on any atom is 0.254 e. The van der Waals surface area contributed by atoms with Gasteiger partial charge in [-0.25, -0.2) is 8.91 Å². The molecule has 0 aliphatic carbocycles. The minimum absolute atomic E-state index is 0.00241. The van der Waals surface area contributed by atoms with Crippen molar-refractivity contribution in [2.24, 2.45) is 0 Å². The van der Waals surface area contributed by atoms with Crippen molar-refractivity contribution >= 4 is 29.1 Å². The van der Waals surface area contributed by atoms with Gasteiger partial charge in [-0.3, -0.25) is 9.59 Å². The van der Waals surface area contributed by atoms with Gasteiger partial charge < -0.3 is 19.9 Å². The minimum atomic E-state index is -0.816. The molecule has 2 saturated heterocycles. The SMILES string of the molecule is O=C(c1ccc(Nc2nc3c(-c4ccc(C(=O)N5CCC(F)CC5)cc4)cccn3n2)cc1)N1CCOCC1. The number of rotatable bonds is 5. The fourth-order valence-corrected chi connectivity index (χ4v) is 4.98. The Labute approximate surface area is 225 Å². The molecule has 4 aromatic rings. The van der Waals surface area contributed by atoms with E-state index in [0.717, 1.165) is 16.8 Å². The van der Waals surface area contributed by atoms with Crippen molar-refractivity contribution in [1.29, 1.82) is 0 Å². The van der Waals surface area contributed by atoms with Gasteiger partial charge in [0.15, 0.2) is 5.65 Å². The summed E-state index contributed by atoms with van der Waals surface area (Å²) in [4.78, 5) is 33.7. The second kappa shape index (κ2) is 10.8. The molecule has 0 atom stereocenters. The van der Waals surface area contributed by atoms with Crippen LogP contribution in [0.25, 0.3) is 16.8 Å². The molecule has 0 bridgehead atoms. The number of piperidine rings is 1. The molecule has 200 valence electrons. The van der Waals surface area contributed by atoms with Crippen LogP contribution < -0.4 is 5.32 Å². The number of pyridine rings is 1. The third-order valence-corrected chi connectivity index (χ3v) is 7.20. The lowest BCUT2D eigenvalue weighted by atomic mass is 10.0. The molecule has 2 aliphatic rings. The third kappa shape index (κ3) is 5.33. The highest BCUT2D eigenvalue weighted by molar-refractivity contribution is 5.95. The molecular weight excluding hydrogens is 499 g/mol. The van der Waals surface area contributed by atoms with Crippen LogP contribution in [0.1, 0.15) is 33.6 Å². The van der Waals surface area contributed by atoms with Crippen LogP contribution >= 0.6 is 0 Å². The fraction of sp³-hybridized carbons (Fsp3) is 0.310. The molecule has 1 N–H and O–H groups in total. The van der Waals surface area contributed by atoms with E-state index in [9.17, 15) is 14.0 Å². The van der Waals surface area contributed by atoms with Crippen LogP contribution in [0.4, 0.5) is 16.0 Å². The van der Waals surface area contributed by atoms with Crippen molar-refractivity contribution in [2.75, 3.05) is 44.7 Å². The summed E-state index contributed by atoms with van der Waals surface area (Å²) in [7, 11) is 0. The van der Waals surface area contributed by atoms with Crippen LogP contribution in [-0.2, 0) is 4.74 Å². The summed E-state index contributed by atoms with van der Waals surface area (Å²) in [5.41, 5.74) is 4.43. The zero-order chi connectivity index (χ0) is 26.8. The van der Waals surface area contributed by atoms with Gasteiger partial charge in [0.25, 0.3) is 11.8 Å². The summed E-state index contributed by atoms with van der Waals surface area (Å²) in [6, 6.07) is 18.5. The molecule has 0 unspecified atom stereocenters. The molecule has 0 saturated carbocycles. The second-order valence-electron chi connectivity index (χ2n) is 9.78. The van der Waals surface area contributed by atoms with E-state index in [0.29, 0.717) is 75.0 Å². The van der Waals surface area contributed by atoms with Gasteiger partial charge in [0.05, 0.1) is 13.2 Å². The Balaban J connectivity index is 1.17. The van der Waals surface area contributed by atoms with Gasteiger partial charge in [0.1, 0.15) is 6.17 Å². The summed E-state index contributed by atoms with van der Waals surface area (Å²) in [6.07, 6.45) is 1.80. The van der Waals surface area contributed by atoms with Crippen LogP contribution in [0, 0.1) is 0 Å². The first-order valence-corrected chi connectivity index (χ1v) is 13.2. The largest absolute Gasteiger partial charge is 0.378 e. The molecule has 6 rings (SSSR count). The minimum Gasteiger partial charge on any atom is -0.378 e. The van der Waals surface area contributed by atoms with Crippen LogP contribution in [-0.4, -0.2) is 81.8 Å². The van der Waals surface area contributed by atoms with E-state index in [-0.39, 0.29) is 11.8 Å². The number of anilines is 2. The number of nitrogens with one attached hydrogen (secondary N) is 1. The Bertz CT molecular complexity index is 1470. The molecule has 0 spiro atoms. The van der Waals surface area contributed by atoms with Crippen molar-refractivity contribution in [3.8, 4) is 11.1 Å². The van der Waals surface area contributed by atoms with Crippen molar-refractivity contribution in [1.82, 2.24) is 24.4 Å². The zero-order valence-corrected chi connectivity index (χ0v) is 21.4. The molecule has 0 radical (unpaired) electrons. The Morgan fingerprint density at radius 3 is 2.13 bits per heavy atom. The lowest BCUT2D eigenvalue weighted by Gasteiger charge is -2.28. The average molecular weight is 529 g/mol. The van der Waals surface area contributed by atoms with E-state index in [1.54, 1.807) is 38.6 Å². The number of carbonyl (C=O) groups is 2. The fourth-order valence-electron chi connectivity index (χ4n) is 4.98. The van der Waals surface area contributed by atoms with E-state index in [2.05, 4.69) is 10.4 Å². The molecule has 39 heavy (non-hydrogen) atoms. The van der Waals surface area contributed by atoms with Crippen LogP contribution in [0.2, 0.25) is 0 Å². The number of amides is 2. The molecule has 10 heteroatoms. The predicted molar refractivity (Wildman–Crippen MR) is 145 cm³/mol. The summed E-state index contributed by atoms with van der Waals surface area (Å²) in [6.45, 7) is 3.23. The predicted octanol–water partition coefficient (Wildman–Crippen LogP) is 4.19. The number of halogens is 1. The monoisotopic (exact) mass is 528 g/mol. The van der Waals surface area contributed by atoms with Gasteiger partial charge in [-0.05, 0) is 66.9 Å². The van der Waals surface area contributed by atoms with E-state index in [1.165, 1.54) is 0 Å². The molecule has 2 aromatic carbocycles. The quantitative estimate of drug-likeness (QED) is 0.418. The Hall–Kier alpha value is -4.31. The number of ether oxygens (including phenoxy) is 1. The normalized spacial score (nSPS) is 16.4. The molecule has 2 fully saturated rings. The van der Waals surface area contributed by atoms with Gasteiger partial charge in [-0.2, -0.15) is 4.98 Å². The van der Waals surface area contributed by atoms with Crippen LogP contribution in [0.3, 0.4) is 0 Å². The number of alkyl halides is 1. The summed E-state index contributed by atoms with van der Waals surface area (Å²) < 4.78 is 20.5. The molecule has 2 amide bonds. The molecule has 2 aromatic heterocycles. The number of nitrogens with zero attached hydrogens (tertiary/aromatic N) is 5. The van der Waals surface area contributed by atoms with E-state index >= 15 is 0 Å². The van der Waals surface area contributed by atoms with Crippen molar-refractivity contribution < 1.29 is 18.7 Å². The number of hydrogen-bond acceptors (Lipinski definition) is 6. The zero-order valence-electron chi connectivity index (χ0n) is 21.4. The average Bonchev–Trinajstić information content (AvgIpc) is 3.40. The molecule has 2 aliphatic heterocycles. The first-order valence-electron chi connectivity index (χ1n) is 13.2. The highest BCUT2D eigenvalue weighted by Crippen LogP contribution is 2.26. The van der Waals surface area contributed by atoms with Crippen molar-refractivity contribution in [2.45, 2.75) is 19.0 Å². The van der Waals surface area contributed by atoms with Crippen molar-refractivity contribution in [3.63, 3.8) is 0 Å². The number of fused-ring (bicyclic) bond motifs is 1. The van der Waals surface area contributed by atoms with Crippen molar-refractivity contribution in [3.05, 3.63) is 78.0 Å². The first kappa shape index (κ1) is 25.0. The van der Waals surface area contributed by atoms with Gasteiger partial charge >= 0.3 is 0 Å². The van der Waals surface area contributed by atoms with Crippen LogP contribution in [0.5, 0.6) is 0 Å². The van der Waals surface area contributed by atoms with Gasteiger partial charge in [0, 0.05) is 54.8 Å². The number of carbonyl (C=O) groups excluding carboxylic acids is 2. The lowest BCUT2D eigenvalue weighted by molar-refractivity contribution is 0.0303. The number of likely N-dealkylation sites (tertiary alicyclic amines) is 1. The molecular formula is C29H29FN6O3. The number of aromatic nitrogens is 3. The number of benzene rings is 2. The Morgan fingerprint density at radius 1 is 0.846 bits per heavy atom. The molecule has 9 nitrogen and oxygen atoms in total. The van der Waals surface area contributed by atoms with E-state index < -0.39 is 6.17 Å². The summed E-state index contributed by atoms with van der Waals surface area (Å²) in [5, 5.41) is 7.77. The van der Waals surface area contributed by atoms with Gasteiger partial charge in [-0.1, -0.05) is 12.1 Å². The summed E-state index contributed by atoms with van der Waals surface area (Å²) >= 11 is 0. The topological polar surface area (TPSA) is 92.1 Å². The van der Waals surface area contributed by atoms with E-state index in [4.69, 9.17) is 9.72 Å². The Morgan fingerprint density at radius 2 is 1.46 bits per heavy atom. The maximum absolute atomic E-state index is 13.5. The second-order valence-corrected chi connectivity index (χ2v) is 9.78. The highest BCUT2D eigenvalue weighted by Gasteiger charge is 2.23.